The molecule has 2 rings (SSSR count). The van der Waals surface area contributed by atoms with Crippen molar-refractivity contribution in [2.24, 2.45) is 11.8 Å². The summed E-state index contributed by atoms with van der Waals surface area (Å²) in [5.41, 5.74) is 0.388. The number of carboxylic acids is 1. The number of carbonyl (C=O) groups excluding carboxylic acids is 1. The van der Waals surface area contributed by atoms with Crippen LogP contribution in [0.3, 0.4) is 0 Å². The highest BCUT2D eigenvalue weighted by molar-refractivity contribution is 5.84. The van der Waals surface area contributed by atoms with Gasteiger partial charge in [0.1, 0.15) is 0 Å². The molecule has 128 valence electrons. The van der Waals surface area contributed by atoms with E-state index in [-0.39, 0.29) is 29.0 Å². The smallest absolute Gasteiger partial charge is 0.374 e. The molecule has 1 aliphatic rings. The second-order valence-electron chi connectivity index (χ2n) is 7.21. The van der Waals surface area contributed by atoms with Gasteiger partial charge >= 0.3 is 5.97 Å². The Hall–Kier alpha value is -1.89. The maximum Gasteiger partial charge on any atom is 0.374 e. The van der Waals surface area contributed by atoms with Crippen molar-refractivity contribution >= 4 is 11.9 Å². The number of carbonyl (C=O) groups is 2. The number of aromatic carboxylic acids is 1. The number of rotatable bonds is 5. The lowest BCUT2D eigenvalue weighted by Gasteiger charge is -2.32. The fraction of sp³-hybridized carbons (Fsp3) is 0.688. The van der Waals surface area contributed by atoms with E-state index in [1.807, 2.05) is 20.8 Å². The standard InChI is InChI=1S/C16H25N3O4/c1-16(2,3)18-14(20)7-10-4-5-17-9-11(10)6-12-8-13(15(21)22)23-19-12/h8,10-11,17H,4-7,9H2,1-3H3,(H,18,20)(H,21,22). The first-order valence-corrected chi connectivity index (χ1v) is 7.95. The summed E-state index contributed by atoms with van der Waals surface area (Å²) in [7, 11) is 0. The van der Waals surface area contributed by atoms with Crippen LogP contribution < -0.4 is 10.6 Å². The van der Waals surface area contributed by atoms with Crippen LogP contribution in [0.25, 0.3) is 0 Å². The summed E-state index contributed by atoms with van der Waals surface area (Å²) < 4.78 is 4.80. The molecule has 0 radical (unpaired) electrons. The highest BCUT2D eigenvalue weighted by atomic mass is 16.5. The first-order chi connectivity index (χ1) is 10.7. The van der Waals surface area contributed by atoms with Gasteiger partial charge in [0.05, 0.1) is 5.69 Å². The van der Waals surface area contributed by atoms with Crippen molar-refractivity contribution in [3.05, 3.63) is 17.5 Å². The Bertz CT molecular complexity index is 562. The molecule has 23 heavy (non-hydrogen) atoms. The fourth-order valence-corrected chi connectivity index (χ4v) is 2.97. The molecule has 0 aromatic carbocycles. The van der Waals surface area contributed by atoms with Crippen molar-refractivity contribution < 1.29 is 19.2 Å². The molecule has 1 saturated heterocycles. The van der Waals surface area contributed by atoms with Gasteiger partial charge in [-0.2, -0.15) is 0 Å². The molecule has 1 amide bonds. The Morgan fingerprint density at radius 3 is 2.78 bits per heavy atom. The minimum Gasteiger partial charge on any atom is -0.475 e. The van der Waals surface area contributed by atoms with Gasteiger partial charge < -0.3 is 20.3 Å². The number of hydrogen-bond acceptors (Lipinski definition) is 5. The van der Waals surface area contributed by atoms with Crippen LogP contribution in [0.5, 0.6) is 0 Å². The fourth-order valence-electron chi connectivity index (χ4n) is 2.97. The van der Waals surface area contributed by atoms with Gasteiger partial charge in [0.2, 0.25) is 11.7 Å². The van der Waals surface area contributed by atoms with Crippen LogP contribution in [0, 0.1) is 11.8 Å². The SMILES string of the molecule is CC(C)(C)NC(=O)CC1CCNCC1Cc1cc(C(=O)O)on1. The van der Waals surface area contributed by atoms with Crippen molar-refractivity contribution in [3.8, 4) is 0 Å². The van der Waals surface area contributed by atoms with Crippen LogP contribution in [0.4, 0.5) is 0 Å². The number of hydrogen-bond donors (Lipinski definition) is 3. The van der Waals surface area contributed by atoms with Crippen molar-refractivity contribution in [1.82, 2.24) is 15.8 Å². The molecular formula is C16H25N3O4. The van der Waals surface area contributed by atoms with Crippen LogP contribution in [0.1, 0.15) is 49.9 Å². The van der Waals surface area contributed by atoms with Gasteiger partial charge in [0.15, 0.2) is 0 Å². The normalized spacial score (nSPS) is 21.9. The molecular weight excluding hydrogens is 298 g/mol. The second kappa shape index (κ2) is 7.12. The van der Waals surface area contributed by atoms with Gasteiger partial charge in [-0.15, -0.1) is 0 Å². The van der Waals surface area contributed by atoms with E-state index in [2.05, 4.69) is 15.8 Å². The maximum absolute atomic E-state index is 12.2. The Kier molecular flexibility index (Phi) is 5.41. The lowest BCUT2D eigenvalue weighted by atomic mass is 9.81. The van der Waals surface area contributed by atoms with E-state index in [9.17, 15) is 9.59 Å². The lowest BCUT2D eigenvalue weighted by Crippen LogP contribution is -2.44. The van der Waals surface area contributed by atoms with Gasteiger partial charge in [-0.3, -0.25) is 4.79 Å². The summed E-state index contributed by atoms with van der Waals surface area (Å²) in [6, 6.07) is 1.46. The molecule has 3 N–H and O–H groups in total. The van der Waals surface area contributed by atoms with Gasteiger partial charge in [-0.1, -0.05) is 5.16 Å². The van der Waals surface area contributed by atoms with Crippen molar-refractivity contribution in [3.63, 3.8) is 0 Å². The molecule has 2 unspecified atom stereocenters. The largest absolute Gasteiger partial charge is 0.475 e. The molecule has 0 aliphatic carbocycles. The van der Waals surface area contributed by atoms with E-state index in [0.29, 0.717) is 18.5 Å². The molecule has 2 heterocycles. The van der Waals surface area contributed by atoms with Gasteiger partial charge in [0.25, 0.3) is 0 Å². The number of piperidine rings is 1. The molecule has 1 fully saturated rings. The Balaban J connectivity index is 1.97. The second-order valence-corrected chi connectivity index (χ2v) is 7.21. The monoisotopic (exact) mass is 323 g/mol. The molecule has 1 aliphatic heterocycles. The number of amides is 1. The Morgan fingerprint density at radius 1 is 1.43 bits per heavy atom. The minimum atomic E-state index is -1.12. The van der Waals surface area contributed by atoms with Crippen LogP contribution >= 0.6 is 0 Å². The highest BCUT2D eigenvalue weighted by Crippen LogP contribution is 2.26. The molecule has 1 aromatic heterocycles. The summed E-state index contributed by atoms with van der Waals surface area (Å²) in [5.74, 6) is -0.719. The zero-order chi connectivity index (χ0) is 17.0. The number of carboxylic acid groups (broad SMARTS) is 1. The van der Waals surface area contributed by atoms with Crippen molar-refractivity contribution in [2.45, 2.75) is 45.6 Å². The highest BCUT2D eigenvalue weighted by Gasteiger charge is 2.29. The third kappa shape index (κ3) is 5.35. The topological polar surface area (TPSA) is 104 Å². The molecule has 7 nitrogen and oxygen atoms in total. The first-order valence-electron chi connectivity index (χ1n) is 7.95. The van der Waals surface area contributed by atoms with Gasteiger partial charge in [-0.25, -0.2) is 4.79 Å². The summed E-state index contributed by atoms with van der Waals surface area (Å²) in [6.45, 7) is 7.58. The van der Waals surface area contributed by atoms with E-state index in [1.165, 1.54) is 6.07 Å². The van der Waals surface area contributed by atoms with Crippen LogP contribution in [0.2, 0.25) is 0 Å². The number of nitrogens with one attached hydrogen (secondary N) is 2. The lowest BCUT2D eigenvalue weighted by molar-refractivity contribution is -0.124. The maximum atomic E-state index is 12.2. The molecule has 1 aromatic rings. The third-order valence-corrected chi connectivity index (χ3v) is 3.97. The number of nitrogens with zero attached hydrogens (tertiary/aromatic N) is 1. The van der Waals surface area contributed by atoms with Crippen LogP contribution in [-0.2, 0) is 11.2 Å². The molecule has 0 spiro atoms. The summed E-state index contributed by atoms with van der Waals surface area (Å²) in [5, 5.41) is 19.0. The van der Waals surface area contributed by atoms with E-state index in [1.54, 1.807) is 0 Å². The minimum absolute atomic E-state index is 0.0563. The average molecular weight is 323 g/mol. The molecule has 0 bridgehead atoms. The predicted octanol–water partition coefficient (Wildman–Crippen LogP) is 1.45. The molecule has 2 atom stereocenters. The van der Waals surface area contributed by atoms with Crippen molar-refractivity contribution in [1.29, 1.82) is 0 Å². The van der Waals surface area contributed by atoms with E-state index < -0.39 is 5.97 Å². The van der Waals surface area contributed by atoms with E-state index >= 15 is 0 Å². The Morgan fingerprint density at radius 2 is 2.17 bits per heavy atom. The average Bonchev–Trinajstić information content (AvgIpc) is 2.87. The number of aromatic nitrogens is 1. The zero-order valence-electron chi connectivity index (χ0n) is 13.9. The van der Waals surface area contributed by atoms with Gasteiger partial charge in [0, 0.05) is 18.0 Å². The van der Waals surface area contributed by atoms with Gasteiger partial charge in [-0.05, 0) is 58.5 Å². The van der Waals surface area contributed by atoms with Crippen molar-refractivity contribution in [2.75, 3.05) is 13.1 Å². The Labute approximate surface area is 135 Å². The molecule has 7 heteroatoms. The van der Waals surface area contributed by atoms with E-state index in [4.69, 9.17) is 9.63 Å². The van der Waals surface area contributed by atoms with Crippen LogP contribution in [-0.4, -0.2) is 40.8 Å². The summed E-state index contributed by atoms with van der Waals surface area (Å²) >= 11 is 0. The zero-order valence-corrected chi connectivity index (χ0v) is 13.9. The quantitative estimate of drug-likeness (QED) is 0.757. The third-order valence-electron chi connectivity index (χ3n) is 3.97. The predicted molar refractivity (Wildman–Crippen MR) is 84.1 cm³/mol. The first kappa shape index (κ1) is 17.5. The molecule has 0 saturated carbocycles. The van der Waals surface area contributed by atoms with Crippen LogP contribution in [0.15, 0.2) is 10.6 Å². The summed E-state index contributed by atoms with van der Waals surface area (Å²) in [6.07, 6.45) is 2.01. The van der Waals surface area contributed by atoms with E-state index in [0.717, 1.165) is 19.5 Å². The summed E-state index contributed by atoms with van der Waals surface area (Å²) in [4.78, 5) is 23.0.